The van der Waals surface area contributed by atoms with Gasteiger partial charge < -0.3 is 9.15 Å². The Morgan fingerprint density at radius 3 is 2.95 bits per heavy atom. The molecule has 3 aromatic rings. The Morgan fingerprint density at radius 1 is 1.37 bits per heavy atom. The lowest BCUT2D eigenvalue weighted by atomic mass is 10.2. The van der Waals surface area contributed by atoms with Gasteiger partial charge in [0, 0.05) is 12.5 Å². The Kier molecular flexibility index (Phi) is 2.83. The molecule has 0 aliphatic rings. The van der Waals surface area contributed by atoms with Crippen molar-refractivity contribution in [1.82, 2.24) is 9.78 Å². The van der Waals surface area contributed by atoms with Gasteiger partial charge >= 0.3 is 5.63 Å². The monoisotopic (exact) mass is 258 g/mol. The van der Waals surface area contributed by atoms with Gasteiger partial charge in [-0.05, 0) is 19.1 Å². The van der Waals surface area contributed by atoms with Gasteiger partial charge in [-0.2, -0.15) is 5.10 Å². The molecule has 1 aromatic carbocycles. The number of rotatable bonds is 3. The zero-order valence-corrected chi connectivity index (χ0v) is 10.8. The molecule has 0 aliphatic carbocycles. The average molecular weight is 258 g/mol. The fourth-order valence-electron chi connectivity index (χ4n) is 2.28. The summed E-state index contributed by atoms with van der Waals surface area (Å²) >= 11 is 0. The second-order valence-corrected chi connectivity index (χ2v) is 4.41. The van der Waals surface area contributed by atoms with E-state index in [1.165, 1.54) is 0 Å². The molecule has 0 amide bonds. The number of aromatic nitrogens is 2. The number of hydrogen-bond donors (Lipinski definition) is 0. The van der Waals surface area contributed by atoms with Gasteiger partial charge in [0.2, 0.25) is 0 Å². The minimum absolute atomic E-state index is 0.338. The van der Waals surface area contributed by atoms with Crippen molar-refractivity contribution in [2.75, 3.05) is 13.7 Å². The largest absolute Gasteiger partial charge is 0.422 e. The molecule has 0 aliphatic heterocycles. The molecule has 0 bridgehead atoms. The topological polar surface area (TPSA) is 57.3 Å². The lowest BCUT2D eigenvalue weighted by Crippen LogP contribution is -2.07. The molecular weight excluding hydrogens is 244 g/mol. The minimum atomic E-state index is -0.338. The summed E-state index contributed by atoms with van der Waals surface area (Å²) in [4.78, 5) is 12.0. The van der Waals surface area contributed by atoms with E-state index in [2.05, 4.69) is 5.10 Å². The number of ether oxygens (including phenoxy) is 1. The predicted molar refractivity (Wildman–Crippen MR) is 72.4 cm³/mol. The summed E-state index contributed by atoms with van der Waals surface area (Å²) in [5.41, 5.74) is 1.73. The third-order valence-corrected chi connectivity index (χ3v) is 3.26. The molecule has 0 N–H and O–H groups in total. The molecule has 2 aromatic heterocycles. The smallest absolute Gasteiger partial charge is 0.347 e. The normalized spacial score (nSPS) is 11.5. The first-order chi connectivity index (χ1) is 9.22. The Balaban J connectivity index is 2.35. The van der Waals surface area contributed by atoms with Crippen LogP contribution < -0.4 is 5.63 Å². The van der Waals surface area contributed by atoms with Gasteiger partial charge in [0.1, 0.15) is 16.5 Å². The fourth-order valence-corrected chi connectivity index (χ4v) is 2.28. The molecule has 0 saturated heterocycles. The minimum Gasteiger partial charge on any atom is -0.422 e. The van der Waals surface area contributed by atoms with Crippen LogP contribution in [-0.2, 0) is 11.3 Å². The number of benzene rings is 1. The lowest BCUT2D eigenvalue weighted by Gasteiger charge is -2.01. The zero-order chi connectivity index (χ0) is 13.4. The number of hydrogen-bond acceptors (Lipinski definition) is 4. The summed E-state index contributed by atoms with van der Waals surface area (Å²) in [5, 5.41) is 5.92. The molecule has 0 atom stereocenters. The van der Waals surface area contributed by atoms with Gasteiger partial charge in [-0.25, -0.2) is 4.79 Å². The van der Waals surface area contributed by atoms with Crippen LogP contribution >= 0.6 is 0 Å². The van der Waals surface area contributed by atoms with Gasteiger partial charge in [0.05, 0.1) is 18.8 Å². The highest BCUT2D eigenvalue weighted by Gasteiger charge is 2.15. The number of nitrogens with zero attached hydrogens (tertiary/aromatic N) is 2. The van der Waals surface area contributed by atoms with E-state index in [-0.39, 0.29) is 5.63 Å². The van der Waals surface area contributed by atoms with E-state index in [0.29, 0.717) is 29.6 Å². The second-order valence-electron chi connectivity index (χ2n) is 4.41. The Labute approximate surface area is 109 Å². The highest BCUT2D eigenvalue weighted by atomic mass is 16.5. The average Bonchev–Trinajstić information content (AvgIpc) is 2.75. The Hall–Kier alpha value is -2.14. The third-order valence-electron chi connectivity index (χ3n) is 3.26. The first-order valence-electron chi connectivity index (χ1n) is 6.10. The van der Waals surface area contributed by atoms with Gasteiger partial charge in [-0.3, -0.25) is 4.68 Å². The maximum absolute atomic E-state index is 12.0. The van der Waals surface area contributed by atoms with E-state index >= 15 is 0 Å². The van der Waals surface area contributed by atoms with Gasteiger partial charge in [0.15, 0.2) is 0 Å². The van der Waals surface area contributed by atoms with E-state index in [4.69, 9.17) is 9.15 Å². The molecule has 0 spiro atoms. The van der Waals surface area contributed by atoms with Crippen LogP contribution in [0.4, 0.5) is 0 Å². The second kappa shape index (κ2) is 4.51. The van der Waals surface area contributed by atoms with Crippen LogP contribution in [0.2, 0.25) is 0 Å². The van der Waals surface area contributed by atoms with E-state index in [1.54, 1.807) is 17.9 Å². The van der Waals surface area contributed by atoms with Gasteiger partial charge in [-0.15, -0.1) is 0 Å². The summed E-state index contributed by atoms with van der Waals surface area (Å²) in [5.74, 6) is 0. The van der Waals surface area contributed by atoms with Crippen LogP contribution in [0.1, 0.15) is 5.69 Å². The van der Waals surface area contributed by atoms with Crippen LogP contribution in [0.5, 0.6) is 0 Å². The van der Waals surface area contributed by atoms with Crippen LogP contribution in [0.25, 0.3) is 21.9 Å². The molecular formula is C14H14N2O3. The van der Waals surface area contributed by atoms with Crippen molar-refractivity contribution in [2.45, 2.75) is 13.5 Å². The highest BCUT2D eigenvalue weighted by Crippen LogP contribution is 2.23. The SMILES string of the molecule is COCCn1nc2c(c1C)c(=O)oc1ccccc12. The van der Waals surface area contributed by atoms with E-state index < -0.39 is 0 Å². The number of methoxy groups -OCH3 is 1. The molecule has 0 saturated carbocycles. The molecule has 5 nitrogen and oxygen atoms in total. The van der Waals surface area contributed by atoms with E-state index in [9.17, 15) is 4.79 Å². The summed E-state index contributed by atoms with van der Waals surface area (Å²) in [6.07, 6.45) is 0. The zero-order valence-electron chi connectivity index (χ0n) is 10.8. The molecule has 19 heavy (non-hydrogen) atoms. The number of aryl methyl sites for hydroxylation is 1. The Morgan fingerprint density at radius 2 is 2.16 bits per heavy atom. The maximum atomic E-state index is 12.0. The Bertz CT molecular complexity index is 801. The first kappa shape index (κ1) is 11.9. The fraction of sp³-hybridized carbons (Fsp3) is 0.286. The van der Waals surface area contributed by atoms with Crippen molar-refractivity contribution in [1.29, 1.82) is 0 Å². The van der Waals surface area contributed by atoms with Crippen molar-refractivity contribution in [2.24, 2.45) is 0 Å². The molecule has 5 heteroatoms. The first-order valence-corrected chi connectivity index (χ1v) is 6.10. The maximum Gasteiger partial charge on any atom is 0.347 e. The van der Waals surface area contributed by atoms with Crippen molar-refractivity contribution >= 4 is 21.9 Å². The molecule has 3 rings (SSSR count). The molecule has 98 valence electrons. The molecule has 2 heterocycles. The summed E-state index contributed by atoms with van der Waals surface area (Å²) in [6.45, 7) is 3.04. The molecule has 0 fully saturated rings. The van der Waals surface area contributed by atoms with E-state index in [0.717, 1.165) is 11.1 Å². The standard InChI is InChI=1S/C14H14N2O3/c1-9-12-13(15-16(9)7-8-18-2)10-5-3-4-6-11(10)19-14(12)17/h3-6H,7-8H2,1-2H3. The number of fused-ring (bicyclic) bond motifs is 3. The number of para-hydroxylation sites is 1. The van der Waals surface area contributed by atoms with E-state index in [1.807, 2.05) is 25.1 Å². The van der Waals surface area contributed by atoms with Crippen molar-refractivity contribution < 1.29 is 9.15 Å². The van der Waals surface area contributed by atoms with Gasteiger partial charge in [-0.1, -0.05) is 12.1 Å². The summed E-state index contributed by atoms with van der Waals surface area (Å²) < 4.78 is 12.2. The predicted octanol–water partition coefficient (Wildman–Crippen LogP) is 2.10. The quantitative estimate of drug-likeness (QED) is 0.675. The molecule has 0 radical (unpaired) electrons. The van der Waals surface area contributed by atoms with Crippen molar-refractivity contribution in [3.8, 4) is 0 Å². The van der Waals surface area contributed by atoms with Crippen LogP contribution in [0.15, 0.2) is 33.5 Å². The van der Waals surface area contributed by atoms with Crippen LogP contribution in [0.3, 0.4) is 0 Å². The molecule has 0 unspecified atom stereocenters. The van der Waals surface area contributed by atoms with Crippen LogP contribution in [-0.4, -0.2) is 23.5 Å². The van der Waals surface area contributed by atoms with Crippen molar-refractivity contribution in [3.05, 3.63) is 40.4 Å². The third kappa shape index (κ3) is 1.82. The highest BCUT2D eigenvalue weighted by molar-refractivity contribution is 6.02. The lowest BCUT2D eigenvalue weighted by molar-refractivity contribution is 0.183. The van der Waals surface area contributed by atoms with Crippen LogP contribution in [0, 0.1) is 6.92 Å². The summed E-state index contributed by atoms with van der Waals surface area (Å²) in [7, 11) is 1.64. The summed E-state index contributed by atoms with van der Waals surface area (Å²) in [6, 6.07) is 7.44. The van der Waals surface area contributed by atoms with Crippen molar-refractivity contribution in [3.63, 3.8) is 0 Å². The van der Waals surface area contributed by atoms with Gasteiger partial charge in [0.25, 0.3) is 0 Å².